The van der Waals surface area contributed by atoms with Gasteiger partial charge in [0.15, 0.2) is 0 Å². The molecule has 0 N–H and O–H groups in total. The van der Waals surface area contributed by atoms with Gasteiger partial charge in [-0.05, 0) is 0 Å². The van der Waals surface area contributed by atoms with Gasteiger partial charge in [-0.1, -0.05) is 0 Å². The zero-order valence-corrected chi connectivity index (χ0v) is 43.6. The monoisotopic (exact) mass is 962 g/mol. The molecule has 50 heavy (non-hydrogen) atoms. The molecule has 0 saturated heterocycles. The molecule has 2 aliphatic rings. The molecule has 1 aromatic carbocycles. The van der Waals surface area contributed by atoms with Crippen LogP contribution in [0.5, 0.6) is 0 Å². The average molecular weight is 961 g/mol. The van der Waals surface area contributed by atoms with E-state index in [1.807, 2.05) is 26.5 Å². The Morgan fingerprint density at radius 2 is 0.700 bits per heavy atom. The Bertz CT molecular complexity index is 1410. The van der Waals surface area contributed by atoms with Crippen LogP contribution in [0.2, 0.25) is 53.8 Å². The van der Waals surface area contributed by atoms with Crippen LogP contribution in [0.25, 0.3) is 20.9 Å². The molecule has 4 heterocycles. The maximum absolute atomic E-state index is 2.97. The number of hydrogen-bond acceptors (Lipinski definition) is 2. The topological polar surface area (TPSA) is 0 Å². The molecule has 0 nitrogen and oxygen atoms in total. The molecule has 0 aliphatic carbocycles. The number of benzene rings is 1. The third kappa shape index (κ3) is 8.71. The summed E-state index contributed by atoms with van der Waals surface area (Å²) in [5.74, 6) is 0. The molecule has 0 fully saturated rings. The van der Waals surface area contributed by atoms with Crippen molar-refractivity contribution < 1.29 is 0 Å². The molecule has 2 aromatic heterocycles. The second-order valence-electron chi connectivity index (χ2n) is 18.6. The first kappa shape index (κ1) is 41.8. The third-order valence-electron chi connectivity index (χ3n) is 12.5. The van der Waals surface area contributed by atoms with Gasteiger partial charge < -0.3 is 0 Å². The number of hydrogen-bond donors (Lipinski definition) is 0. The van der Waals surface area contributed by atoms with E-state index in [0.717, 1.165) is 0 Å². The van der Waals surface area contributed by atoms with E-state index in [1.165, 1.54) is 127 Å². The summed E-state index contributed by atoms with van der Waals surface area (Å²) in [4.78, 5) is 19.6. The summed E-state index contributed by atoms with van der Waals surface area (Å²) >= 11 is 0.132. The molecule has 0 bridgehead atoms. The van der Waals surface area contributed by atoms with Crippen LogP contribution in [-0.2, 0) is 0 Å². The van der Waals surface area contributed by atoms with Crippen LogP contribution >= 0.6 is 22.7 Å². The quantitative estimate of drug-likeness (QED) is 0.0695. The first-order valence-corrected chi connectivity index (χ1v) is 47.8. The van der Waals surface area contributed by atoms with Crippen LogP contribution in [-0.4, -0.2) is 52.9 Å². The fourth-order valence-corrected chi connectivity index (χ4v) is 35.6. The Morgan fingerprint density at radius 3 is 0.960 bits per heavy atom. The van der Waals surface area contributed by atoms with Gasteiger partial charge in [-0.2, -0.15) is 0 Å². The van der Waals surface area contributed by atoms with Crippen molar-refractivity contribution in [1.82, 2.24) is 0 Å². The zero-order chi connectivity index (χ0) is 36.2. The van der Waals surface area contributed by atoms with E-state index in [2.05, 4.69) is 104 Å². The fraction of sp³-hybridized carbons (Fsp3) is 0.682. The van der Waals surface area contributed by atoms with Crippen LogP contribution in [0, 0.1) is 0 Å². The van der Waals surface area contributed by atoms with E-state index in [0.29, 0.717) is 0 Å². The van der Waals surface area contributed by atoms with E-state index >= 15 is 0 Å². The summed E-state index contributed by atoms with van der Waals surface area (Å²) in [5.41, 5.74) is 3.54. The fourth-order valence-electron chi connectivity index (χ4n) is 9.43. The Balaban J connectivity index is 1.75. The van der Waals surface area contributed by atoms with Gasteiger partial charge in [0.25, 0.3) is 0 Å². The van der Waals surface area contributed by atoms with Gasteiger partial charge in [-0.3, -0.25) is 0 Å². The van der Waals surface area contributed by atoms with Gasteiger partial charge in [0.05, 0.1) is 0 Å². The maximum atomic E-state index is 2.97. The van der Waals surface area contributed by atoms with Crippen molar-refractivity contribution in [2.45, 2.75) is 184 Å². The molecule has 5 rings (SSSR count). The van der Waals surface area contributed by atoms with Crippen molar-refractivity contribution in [3.05, 3.63) is 24.3 Å². The number of fused-ring (bicyclic) bond motifs is 6. The summed E-state index contributed by atoms with van der Waals surface area (Å²) in [6, 6.07) is 17.7. The minimum atomic E-state index is -2.24. The Kier molecular flexibility index (Phi) is 15.1. The summed E-state index contributed by atoms with van der Waals surface area (Å²) in [6.45, 7) is 9.56. The van der Waals surface area contributed by atoms with Crippen LogP contribution in [0.3, 0.4) is 0 Å². The van der Waals surface area contributed by atoms with Gasteiger partial charge in [-0.25, -0.2) is 0 Å². The van der Waals surface area contributed by atoms with E-state index in [1.54, 1.807) is 20.9 Å². The normalized spacial score (nSPS) is 15.7. The van der Waals surface area contributed by atoms with Crippen molar-refractivity contribution in [1.29, 1.82) is 0 Å². The summed E-state index contributed by atoms with van der Waals surface area (Å²) < 4.78 is 3.69. The van der Waals surface area contributed by atoms with Crippen LogP contribution in [0.15, 0.2) is 24.3 Å². The second kappa shape index (κ2) is 18.1. The van der Waals surface area contributed by atoms with Crippen LogP contribution in [0.4, 0.5) is 0 Å². The zero-order valence-electron chi connectivity index (χ0n) is 34.3. The van der Waals surface area contributed by atoms with Crippen molar-refractivity contribution in [2.24, 2.45) is 0 Å². The Labute approximate surface area is 328 Å². The minimum absolute atomic E-state index is 1.34. The molecule has 0 amide bonds. The van der Waals surface area contributed by atoms with Crippen LogP contribution in [0.1, 0.15) is 130 Å². The number of thiophene rings is 2. The van der Waals surface area contributed by atoms with Crippen molar-refractivity contribution in [2.75, 3.05) is 0 Å². The number of unbranched alkanes of at least 4 members (excludes halogenated alkanes) is 12. The first-order valence-electron chi connectivity index (χ1n) is 21.4. The molecule has 0 saturated carbocycles. The summed E-state index contributed by atoms with van der Waals surface area (Å²) in [5, 5.41) is 7.66. The van der Waals surface area contributed by atoms with Gasteiger partial charge in [0, 0.05) is 0 Å². The Hall–Kier alpha value is 0.651. The van der Waals surface area contributed by atoms with E-state index in [9.17, 15) is 0 Å². The van der Waals surface area contributed by atoms with E-state index in [4.69, 9.17) is 0 Å². The molecule has 0 unspecified atom stereocenters. The molecular formula is C44H74S2Si2Sn2. The summed E-state index contributed by atoms with van der Waals surface area (Å²) in [6.07, 6.45) is 22.4. The molecule has 0 atom stereocenters. The SMILES string of the molecule is CCCCCC[Si]1(CCCCCC)c2cc3c(cc2-c2s[c]([Sn]([CH3])([CH3])[CH3])cc21)[Si](CCCCCC)(CCCCCC)c1c[c]([Sn]([CH3])([CH3])[CH3])sc1-3. The number of rotatable bonds is 22. The molecule has 6 heteroatoms. The second-order valence-corrected chi connectivity index (χ2v) is 60.0. The predicted molar refractivity (Wildman–Crippen MR) is 245 cm³/mol. The molecule has 0 radical (unpaired) electrons. The standard InChI is InChI=1S/C38H56S2Si2.6CH3.2Sn/c1-5-9-13-17-25-41(26-18-14-10-6-2)33-21-23-39-37(33)31-30-36-32(29-35(31)41)38-34(22-24-40-38)42(36,27-19-15-11-7-3)28-20-16-12-8-4;;;;;;;;/h21-22,29-30H,5-20,25-28H2,1-4H3;6*1H3;;. The van der Waals surface area contributed by atoms with E-state index in [-0.39, 0.29) is 0 Å². The first-order chi connectivity index (χ1) is 23.9. The van der Waals surface area contributed by atoms with Gasteiger partial charge >= 0.3 is 331 Å². The molecular weight excluding hydrogens is 886 g/mol. The van der Waals surface area contributed by atoms with Gasteiger partial charge in [-0.15, -0.1) is 0 Å². The van der Waals surface area contributed by atoms with E-state index < -0.39 is 52.9 Å². The summed E-state index contributed by atoms with van der Waals surface area (Å²) in [7, 11) is -3.73. The van der Waals surface area contributed by atoms with Crippen molar-refractivity contribution in [3.63, 3.8) is 0 Å². The molecule has 3 aromatic rings. The molecule has 0 spiro atoms. The van der Waals surface area contributed by atoms with Gasteiger partial charge in [0.2, 0.25) is 0 Å². The van der Waals surface area contributed by atoms with Gasteiger partial charge in [0.1, 0.15) is 0 Å². The van der Waals surface area contributed by atoms with Crippen molar-refractivity contribution >= 4 is 102 Å². The average Bonchev–Trinajstić information content (AvgIpc) is 3.82. The van der Waals surface area contributed by atoms with Crippen molar-refractivity contribution in [3.8, 4) is 20.9 Å². The third-order valence-corrected chi connectivity index (χ3v) is 44.6. The Morgan fingerprint density at radius 1 is 0.400 bits per heavy atom. The van der Waals surface area contributed by atoms with Crippen LogP contribution < -0.4 is 26.5 Å². The molecule has 2 aliphatic heterocycles. The predicted octanol–water partition coefficient (Wildman–Crippen LogP) is 12.3. The molecule has 278 valence electrons.